The number of nitrogens with zero attached hydrogens (tertiary/aromatic N) is 1. The van der Waals surface area contributed by atoms with E-state index in [0.29, 0.717) is 16.8 Å². The van der Waals surface area contributed by atoms with Gasteiger partial charge in [0.15, 0.2) is 0 Å². The zero-order valence-electron chi connectivity index (χ0n) is 35.5. The molecule has 0 aliphatic heterocycles. The van der Waals surface area contributed by atoms with E-state index in [1.807, 2.05) is 0 Å². The number of carboxylic acids is 2. The SMILES string of the molecule is C[C@H](NC(=O)OCc1ccccc1)C(=O)NCC(=O)N[C@@H](CCC(=O)O)C(=O)N[C@@H](CO)C(=O)N[C@@H](Cc1cnc[nH]1)C(=O)N[C@@H](Cc1ccc(O)cc1)C(=O)N[C@@H](CCC(=O)O)C(N)=O. The lowest BCUT2D eigenvalue weighted by atomic mass is 10.0. The second-order valence-corrected chi connectivity index (χ2v) is 14.6. The number of phenolic OH excluding ortho intramolecular Hbond substituents is 1. The lowest BCUT2D eigenvalue weighted by molar-refractivity contribution is -0.139. The van der Waals surface area contributed by atoms with E-state index in [9.17, 15) is 63.3 Å². The molecular formula is C41H52N10O15. The van der Waals surface area contributed by atoms with Gasteiger partial charge in [-0.3, -0.25) is 43.2 Å². The van der Waals surface area contributed by atoms with Crippen LogP contribution in [0.1, 0.15) is 49.4 Å². The van der Waals surface area contributed by atoms with Crippen LogP contribution in [0.3, 0.4) is 0 Å². The van der Waals surface area contributed by atoms with Crippen molar-refractivity contribution >= 4 is 59.4 Å². The van der Waals surface area contributed by atoms with E-state index < -0.39 is 128 Å². The predicted octanol–water partition coefficient (Wildman–Crippen LogP) is -3.04. The average Bonchev–Trinajstić information content (AvgIpc) is 3.80. The highest BCUT2D eigenvalue weighted by molar-refractivity contribution is 5.97. The number of aliphatic hydroxyl groups is 1. The molecule has 0 spiro atoms. The molecule has 0 fully saturated rings. The summed E-state index contributed by atoms with van der Waals surface area (Å²) in [5, 5.41) is 54.5. The molecule has 3 aromatic rings. The number of aliphatic carboxylic acids is 2. The van der Waals surface area contributed by atoms with Gasteiger partial charge in [-0.25, -0.2) is 9.78 Å². The molecule has 2 aromatic carbocycles. The molecule has 1 aromatic heterocycles. The molecular weight excluding hydrogens is 873 g/mol. The highest BCUT2D eigenvalue weighted by Crippen LogP contribution is 2.13. The van der Waals surface area contributed by atoms with Crippen molar-refractivity contribution in [3.8, 4) is 5.75 Å². The molecule has 0 saturated carbocycles. The van der Waals surface area contributed by atoms with Gasteiger partial charge >= 0.3 is 18.0 Å². The van der Waals surface area contributed by atoms with Gasteiger partial charge in [0.1, 0.15) is 48.6 Å². The Labute approximate surface area is 376 Å². The molecule has 25 nitrogen and oxygen atoms in total. The molecule has 0 aliphatic carbocycles. The standard InChI is InChI=1S/C41H52N10O15/c1-22(46-41(65)66-20-24-5-3-2-4-6-24)36(60)44-18-32(54)47-28(12-14-34(57)58)37(61)51-31(19-52)40(64)50-30(16-25-17-43-21-45-25)39(63)49-29(15-23-7-9-26(53)10-8-23)38(62)48-27(35(42)59)11-13-33(55)56/h2-10,17,21-22,27-31,52-53H,11-16,18-20H2,1H3,(H2,42,59)(H,43,45)(H,44,60)(H,46,65)(H,47,54)(H,48,62)(H,49,63)(H,50,64)(H,51,61)(H,55,56)(H,57,58)/t22-,27-,28-,29-,30-,31-/m0/s1. The highest BCUT2D eigenvalue weighted by Gasteiger charge is 2.33. The third-order valence-electron chi connectivity index (χ3n) is 9.41. The number of primary amides is 1. The first-order chi connectivity index (χ1) is 31.3. The number of alkyl carbamates (subject to hydrolysis) is 1. The summed E-state index contributed by atoms with van der Waals surface area (Å²) in [6, 6.07) is 5.00. The monoisotopic (exact) mass is 924 g/mol. The van der Waals surface area contributed by atoms with Gasteiger partial charge in [0, 0.05) is 37.6 Å². The number of H-pyrrole nitrogens is 1. The van der Waals surface area contributed by atoms with Crippen LogP contribution in [0.2, 0.25) is 0 Å². The van der Waals surface area contributed by atoms with Gasteiger partial charge in [-0.05, 0) is 43.0 Å². The average molecular weight is 925 g/mol. The quantitative estimate of drug-likeness (QED) is 0.0362. The fraction of sp³-hybridized carbons (Fsp3) is 0.390. The number of amides is 8. The fourth-order valence-electron chi connectivity index (χ4n) is 5.85. The van der Waals surface area contributed by atoms with Crippen molar-refractivity contribution in [1.29, 1.82) is 0 Å². The number of nitrogens with two attached hydrogens (primary N) is 1. The van der Waals surface area contributed by atoms with Crippen LogP contribution in [-0.4, -0.2) is 139 Å². The largest absolute Gasteiger partial charge is 0.508 e. The number of ether oxygens (including phenoxy) is 1. The number of phenols is 1. The Morgan fingerprint density at radius 1 is 0.667 bits per heavy atom. The molecule has 0 radical (unpaired) electrons. The van der Waals surface area contributed by atoms with Crippen LogP contribution in [0.15, 0.2) is 67.1 Å². The molecule has 0 unspecified atom stereocenters. The number of aromatic hydroxyl groups is 1. The van der Waals surface area contributed by atoms with E-state index in [1.165, 1.54) is 43.7 Å². The van der Waals surface area contributed by atoms with Crippen molar-refractivity contribution in [3.63, 3.8) is 0 Å². The van der Waals surface area contributed by atoms with Gasteiger partial charge in [0.25, 0.3) is 0 Å². The van der Waals surface area contributed by atoms with Crippen LogP contribution in [-0.2, 0) is 67.3 Å². The lowest BCUT2D eigenvalue weighted by Gasteiger charge is -2.26. The summed E-state index contributed by atoms with van der Waals surface area (Å²) < 4.78 is 5.07. The van der Waals surface area contributed by atoms with E-state index in [1.54, 1.807) is 30.3 Å². The minimum Gasteiger partial charge on any atom is -0.508 e. The number of rotatable bonds is 27. The third-order valence-corrected chi connectivity index (χ3v) is 9.41. The zero-order valence-corrected chi connectivity index (χ0v) is 35.5. The van der Waals surface area contributed by atoms with Crippen molar-refractivity contribution in [3.05, 3.63) is 83.9 Å². The molecule has 3 rings (SSSR count). The number of aromatic amines is 1. The number of imidazole rings is 1. The molecule has 0 aliphatic rings. The first-order valence-electron chi connectivity index (χ1n) is 20.2. The first kappa shape index (κ1) is 52.3. The Kier molecular flexibility index (Phi) is 21.0. The maximum absolute atomic E-state index is 13.9. The Hall–Kier alpha value is -8.09. The zero-order chi connectivity index (χ0) is 48.8. The number of carboxylic acid groups (broad SMARTS) is 2. The summed E-state index contributed by atoms with van der Waals surface area (Å²) in [4.78, 5) is 133. The summed E-state index contributed by atoms with van der Waals surface area (Å²) in [5.41, 5.74) is 6.78. The van der Waals surface area contributed by atoms with Crippen LogP contribution >= 0.6 is 0 Å². The number of benzene rings is 2. The second-order valence-electron chi connectivity index (χ2n) is 14.6. The molecule has 0 bridgehead atoms. The first-order valence-corrected chi connectivity index (χ1v) is 20.2. The van der Waals surface area contributed by atoms with Crippen LogP contribution in [0.25, 0.3) is 0 Å². The molecule has 8 amide bonds. The molecule has 14 N–H and O–H groups in total. The summed E-state index contributed by atoms with van der Waals surface area (Å²) in [6.07, 6.45) is -1.00. The smallest absolute Gasteiger partial charge is 0.408 e. The lowest BCUT2D eigenvalue weighted by Crippen LogP contribution is -2.60. The van der Waals surface area contributed by atoms with Crippen LogP contribution < -0.4 is 43.0 Å². The van der Waals surface area contributed by atoms with Gasteiger partial charge in [0.05, 0.1) is 19.5 Å². The molecule has 0 saturated heterocycles. The van der Waals surface area contributed by atoms with Crippen LogP contribution in [0, 0.1) is 0 Å². The summed E-state index contributed by atoms with van der Waals surface area (Å²) in [5.74, 6) is -9.90. The second kappa shape index (κ2) is 26.5. The van der Waals surface area contributed by atoms with E-state index in [2.05, 4.69) is 47.2 Å². The van der Waals surface area contributed by atoms with Gasteiger partial charge in [0.2, 0.25) is 41.4 Å². The molecule has 25 heteroatoms. The van der Waals surface area contributed by atoms with E-state index in [4.69, 9.17) is 15.6 Å². The summed E-state index contributed by atoms with van der Waals surface area (Å²) in [6.45, 7) is -0.592. The van der Waals surface area contributed by atoms with Crippen molar-refractivity contribution in [2.24, 2.45) is 5.73 Å². The number of nitrogens with one attached hydrogen (secondary N) is 8. The minimum absolute atomic E-state index is 0.0757. The van der Waals surface area contributed by atoms with Crippen LogP contribution in [0.4, 0.5) is 4.79 Å². The maximum Gasteiger partial charge on any atom is 0.408 e. The van der Waals surface area contributed by atoms with E-state index in [-0.39, 0.29) is 31.6 Å². The van der Waals surface area contributed by atoms with Gasteiger partial charge < -0.3 is 73.1 Å². The fourth-order valence-corrected chi connectivity index (χ4v) is 5.85. The number of carbonyl (C=O) groups is 10. The van der Waals surface area contributed by atoms with Gasteiger partial charge in [-0.2, -0.15) is 0 Å². The Morgan fingerprint density at radius 2 is 1.21 bits per heavy atom. The van der Waals surface area contributed by atoms with Gasteiger partial charge in [-0.15, -0.1) is 0 Å². The Bertz CT molecular complexity index is 2160. The molecule has 6 atom stereocenters. The maximum atomic E-state index is 13.9. The Balaban J connectivity index is 1.72. The molecule has 356 valence electrons. The minimum atomic E-state index is -1.83. The van der Waals surface area contributed by atoms with Crippen LogP contribution in [0.5, 0.6) is 5.75 Å². The topological polar surface area (TPSA) is 400 Å². The number of carbonyl (C=O) groups excluding carboxylic acids is 8. The van der Waals surface area contributed by atoms with Crippen molar-refractivity contribution in [2.75, 3.05) is 13.2 Å². The number of aliphatic hydroxyl groups excluding tert-OH is 1. The molecule has 1 heterocycles. The van der Waals surface area contributed by atoms with E-state index >= 15 is 0 Å². The number of hydrogen-bond donors (Lipinski definition) is 13. The predicted molar refractivity (Wildman–Crippen MR) is 226 cm³/mol. The van der Waals surface area contributed by atoms with Gasteiger partial charge in [-0.1, -0.05) is 42.5 Å². The number of hydrogen-bond acceptors (Lipinski definition) is 14. The van der Waals surface area contributed by atoms with E-state index in [0.717, 1.165) is 0 Å². The Morgan fingerprint density at radius 3 is 1.77 bits per heavy atom. The summed E-state index contributed by atoms with van der Waals surface area (Å²) >= 11 is 0. The normalized spacial score (nSPS) is 13.4. The van der Waals surface area contributed by atoms with Crippen molar-refractivity contribution in [1.82, 2.24) is 47.2 Å². The third kappa shape index (κ3) is 18.7. The summed E-state index contributed by atoms with van der Waals surface area (Å²) in [7, 11) is 0. The molecule has 66 heavy (non-hydrogen) atoms. The number of aromatic nitrogens is 2. The van der Waals surface area contributed by atoms with Crippen molar-refractivity contribution < 1.29 is 73.1 Å². The highest BCUT2D eigenvalue weighted by atomic mass is 16.5. The van der Waals surface area contributed by atoms with Crippen molar-refractivity contribution in [2.45, 2.75) is 88.3 Å².